The minimum absolute atomic E-state index is 0.0905. The van der Waals surface area contributed by atoms with E-state index in [1.165, 1.54) is 20.3 Å². The van der Waals surface area contributed by atoms with Crippen molar-refractivity contribution >= 4 is 0 Å². The maximum Gasteiger partial charge on any atom is 0.420 e. The van der Waals surface area contributed by atoms with Crippen LogP contribution in [0.5, 0.6) is 11.5 Å². The molecule has 0 heterocycles. The topological polar surface area (TPSA) is 44.5 Å². The SMILES string of the molecule is COc1c(CCN)ccc(C(F)(F)F)c1OC. The summed E-state index contributed by atoms with van der Waals surface area (Å²) in [5, 5.41) is 0. The summed E-state index contributed by atoms with van der Waals surface area (Å²) in [4.78, 5) is 0. The molecule has 0 aromatic heterocycles. The van der Waals surface area contributed by atoms with Crippen molar-refractivity contribution in [1.29, 1.82) is 0 Å². The molecule has 0 atom stereocenters. The van der Waals surface area contributed by atoms with Gasteiger partial charge in [-0.15, -0.1) is 0 Å². The summed E-state index contributed by atoms with van der Waals surface area (Å²) >= 11 is 0. The van der Waals surface area contributed by atoms with Crippen molar-refractivity contribution in [2.75, 3.05) is 20.8 Å². The third-order valence-electron chi connectivity index (χ3n) is 2.32. The van der Waals surface area contributed by atoms with Crippen LogP contribution in [0.2, 0.25) is 0 Å². The number of alkyl halides is 3. The Labute approximate surface area is 97.3 Å². The highest BCUT2D eigenvalue weighted by Gasteiger charge is 2.36. The lowest BCUT2D eigenvalue weighted by Gasteiger charge is -2.17. The molecule has 0 amide bonds. The average Bonchev–Trinajstić information content (AvgIpc) is 2.27. The van der Waals surface area contributed by atoms with E-state index in [9.17, 15) is 13.2 Å². The van der Waals surface area contributed by atoms with Crippen molar-refractivity contribution in [2.24, 2.45) is 5.73 Å². The van der Waals surface area contributed by atoms with Gasteiger partial charge >= 0.3 is 6.18 Å². The Kier molecular flexibility index (Phi) is 4.22. The number of benzene rings is 1. The van der Waals surface area contributed by atoms with Gasteiger partial charge in [0.05, 0.1) is 14.2 Å². The molecule has 0 aliphatic rings. The molecule has 0 bridgehead atoms. The Bertz CT molecular complexity index is 391. The predicted octanol–water partition coefficient (Wildman–Crippen LogP) is 2.22. The molecule has 0 aliphatic carbocycles. The third kappa shape index (κ3) is 2.82. The Morgan fingerprint density at radius 2 is 1.71 bits per heavy atom. The first-order chi connectivity index (χ1) is 7.95. The minimum Gasteiger partial charge on any atom is -0.493 e. The van der Waals surface area contributed by atoms with Crippen molar-refractivity contribution in [1.82, 2.24) is 0 Å². The van der Waals surface area contributed by atoms with Crippen LogP contribution in [0.25, 0.3) is 0 Å². The van der Waals surface area contributed by atoms with Crippen molar-refractivity contribution in [2.45, 2.75) is 12.6 Å². The van der Waals surface area contributed by atoms with Crippen LogP contribution in [0, 0.1) is 0 Å². The monoisotopic (exact) mass is 249 g/mol. The summed E-state index contributed by atoms with van der Waals surface area (Å²) in [6.07, 6.45) is -4.04. The highest BCUT2D eigenvalue weighted by Crippen LogP contribution is 2.43. The molecule has 96 valence electrons. The smallest absolute Gasteiger partial charge is 0.420 e. The van der Waals surface area contributed by atoms with Crippen molar-refractivity contribution < 1.29 is 22.6 Å². The number of halogens is 3. The van der Waals surface area contributed by atoms with Crippen LogP contribution < -0.4 is 15.2 Å². The van der Waals surface area contributed by atoms with Crippen molar-refractivity contribution in [3.63, 3.8) is 0 Å². The van der Waals surface area contributed by atoms with Crippen LogP contribution in [0.1, 0.15) is 11.1 Å². The summed E-state index contributed by atoms with van der Waals surface area (Å²) in [6.45, 7) is 0.324. The van der Waals surface area contributed by atoms with Gasteiger partial charge in [0.2, 0.25) is 0 Å². The molecule has 1 aromatic rings. The van der Waals surface area contributed by atoms with Gasteiger partial charge in [-0.05, 0) is 24.6 Å². The van der Waals surface area contributed by atoms with E-state index in [1.807, 2.05) is 0 Å². The van der Waals surface area contributed by atoms with Crippen LogP contribution in [-0.2, 0) is 12.6 Å². The summed E-state index contributed by atoms with van der Waals surface area (Å²) in [6, 6.07) is 2.34. The number of methoxy groups -OCH3 is 2. The fourth-order valence-electron chi connectivity index (χ4n) is 1.61. The van der Waals surface area contributed by atoms with Gasteiger partial charge in [-0.2, -0.15) is 13.2 Å². The second kappa shape index (κ2) is 5.27. The molecule has 0 saturated carbocycles. The van der Waals surface area contributed by atoms with Crippen molar-refractivity contribution in [3.05, 3.63) is 23.3 Å². The van der Waals surface area contributed by atoms with E-state index in [1.54, 1.807) is 0 Å². The Hall–Kier alpha value is -1.43. The predicted molar refractivity (Wildman–Crippen MR) is 57.3 cm³/mol. The second-order valence-electron chi connectivity index (χ2n) is 3.38. The standard InChI is InChI=1S/C11H14F3NO2/c1-16-9-7(5-6-15)3-4-8(10(9)17-2)11(12,13)14/h3-4H,5-6,15H2,1-2H3. The zero-order valence-corrected chi connectivity index (χ0v) is 9.60. The summed E-state index contributed by atoms with van der Waals surface area (Å²) in [5.41, 5.74) is 5.13. The van der Waals surface area contributed by atoms with Crippen LogP contribution >= 0.6 is 0 Å². The molecule has 0 radical (unpaired) electrons. The van der Waals surface area contributed by atoms with Gasteiger partial charge in [-0.3, -0.25) is 0 Å². The molecule has 0 aliphatic heterocycles. The van der Waals surface area contributed by atoms with Gasteiger partial charge in [0, 0.05) is 0 Å². The van der Waals surface area contributed by atoms with E-state index in [4.69, 9.17) is 15.2 Å². The molecule has 0 fully saturated rings. The van der Waals surface area contributed by atoms with E-state index < -0.39 is 11.7 Å². The molecule has 0 spiro atoms. The largest absolute Gasteiger partial charge is 0.493 e. The van der Waals surface area contributed by atoms with Crippen LogP contribution in [0.15, 0.2) is 12.1 Å². The fraction of sp³-hybridized carbons (Fsp3) is 0.455. The first-order valence-corrected chi connectivity index (χ1v) is 4.96. The number of nitrogens with two attached hydrogens (primary N) is 1. The molecular weight excluding hydrogens is 235 g/mol. The maximum absolute atomic E-state index is 12.7. The number of rotatable bonds is 4. The maximum atomic E-state index is 12.7. The molecule has 6 heteroatoms. The van der Waals surface area contributed by atoms with Crippen LogP contribution in [0.3, 0.4) is 0 Å². The molecule has 2 N–H and O–H groups in total. The van der Waals surface area contributed by atoms with E-state index in [2.05, 4.69) is 0 Å². The third-order valence-corrected chi connectivity index (χ3v) is 2.32. The van der Waals surface area contributed by atoms with Gasteiger partial charge in [-0.1, -0.05) is 6.07 Å². The first kappa shape index (κ1) is 13.6. The number of hydrogen-bond acceptors (Lipinski definition) is 3. The lowest BCUT2D eigenvalue weighted by Crippen LogP contribution is -2.11. The van der Waals surface area contributed by atoms with Gasteiger partial charge in [-0.25, -0.2) is 0 Å². The molecule has 0 unspecified atom stereocenters. The van der Waals surface area contributed by atoms with Gasteiger partial charge in [0.15, 0.2) is 11.5 Å². The van der Waals surface area contributed by atoms with Crippen molar-refractivity contribution in [3.8, 4) is 11.5 Å². The van der Waals surface area contributed by atoms with Gasteiger partial charge in [0.25, 0.3) is 0 Å². The summed E-state index contributed by atoms with van der Waals surface area (Å²) < 4.78 is 47.9. The average molecular weight is 249 g/mol. The zero-order valence-electron chi connectivity index (χ0n) is 9.60. The normalized spacial score (nSPS) is 11.4. The minimum atomic E-state index is -4.47. The molecule has 17 heavy (non-hydrogen) atoms. The first-order valence-electron chi connectivity index (χ1n) is 4.96. The molecular formula is C11H14F3NO2. The van der Waals surface area contributed by atoms with E-state index >= 15 is 0 Å². The van der Waals surface area contributed by atoms with E-state index in [0.717, 1.165) is 6.07 Å². The Morgan fingerprint density at radius 1 is 1.12 bits per heavy atom. The lowest BCUT2D eigenvalue weighted by molar-refractivity contribution is -0.138. The summed E-state index contributed by atoms with van der Waals surface area (Å²) in [7, 11) is 2.48. The zero-order chi connectivity index (χ0) is 13.1. The molecule has 1 aromatic carbocycles. The highest BCUT2D eigenvalue weighted by molar-refractivity contribution is 5.53. The number of hydrogen-bond donors (Lipinski definition) is 1. The van der Waals surface area contributed by atoms with Gasteiger partial charge in [0.1, 0.15) is 5.56 Å². The van der Waals surface area contributed by atoms with Crippen LogP contribution in [-0.4, -0.2) is 20.8 Å². The quantitative estimate of drug-likeness (QED) is 0.889. The second-order valence-corrected chi connectivity index (χ2v) is 3.38. The van der Waals surface area contributed by atoms with Crippen LogP contribution in [0.4, 0.5) is 13.2 Å². The fourth-order valence-corrected chi connectivity index (χ4v) is 1.61. The lowest BCUT2D eigenvalue weighted by atomic mass is 10.1. The molecule has 3 nitrogen and oxygen atoms in total. The number of ether oxygens (including phenoxy) is 2. The molecule has 0 saturated heterocycles. The Morgan fingerprint density at radius 3 is 2.12 bits per heavy atom. The highest BCUT2D eigenvalue weighted by atomic mass is 19.4. The van der Waals surface area contributed by atoms with E-state index in [0.29, 0.717) is 18.5 Å². The summed E-state index contributed by atoms with van der Waals surface area (Å²) in [5.74, 6) is -0.210. The van der Waals surface area contributed by atoms with Gasteiger partial charge < -0.3 is 15.2 Å². The van der Waals surface area contributed by atoms with E-state index in [-0.39, 0.29) is 11.5 Å². The Balaban J connectivity index is 3.37. The molecule has 1 rings (SSSR count).